The lowest BCUT2D eigenvalue weighted by Gasteiger charge is -2.43. The summed E-state index contributed by atoms with van der Waals surface area (Å²) in [5.74, 6) is 0. The molecule has 0 atom stereocenters. The zero-order valence-electron chi connectivity index (χ0n) is 17.7. The Hall–Kier alpha value is -0.820. The molecule has 28 heavy (non-hydrogen) atoms. The van der Waals surface area contributed by atoms with E-state index in [1.54, 1.807) is 23.9 Å². The summed E-state index contributed by atoms with van der Waals surface area (Å²) in [6.07, 6.45) is 5.21. The van der Waals surface area contributed by atoms with E-state index in [2.05, 4.69) is 79.1 Å². The molecule has 1 aromatic heterocycles. The lowest BCUT2D eigenvalue weighted by molar-refractivity contribution is 0.199. The summed E-state index contributed by atoms with van der Waals surface area (Å²) in [6, 6.07) is 11.0. The van der Waals surface area contributed by atoms with Gasteiger partial charge in [-0.2, -0.15) is 0 Å². The van der Waals surface area contributed by atoms with Gasteiger partial charge in [0.15, 0.2) is 0 Å². The Morgan fingerprint density at radius 2 is 1.75 bits per heavy atom. The molecule has 1 saturated heterocycles. The first-order valence-electron chi connectivity index (χ1n) is 10.2. The summed E-state index contributed by atoms with van der Waals surface area (Å²) < 4.78 is 8.40. The van der Waals surface area contributed by atoms with Crippen LogP contribution in [-0.2, 0) is 0 Å². The molecule has 0 unspecified atom stereocenters. The zero-order chi connectivity index (χ0) is 20.1. The van der Waals surface area contributed by atoms with E-state index in [9.17, 15) is 0 Å². The highest BCUT2D eigenvalue weighted by atomic mass is 32.2. The minimum Gasteiger partial charge on any atom is -0.370 e. The quantitative estimate of drug-likeness (QED) is 0.442. The molecule has 6 heteroatoms. The van der Waals surface area contributed by atoms with Crippen LogP contribution in [0.25, 0.3) is 0 Å². The summed E-state index contributed by atoms with van der Waals surface area (Å²) in [6.45, 7) is 9.29. The third kappa shape index (κ3) is 5.21. The van der Waals surface area contributed by atoms with Crippen LogP contribution in [0.2, 0.25) is 0 Å². The number of aryl methyl sites for hydroxylation is 1. The van der Waals surface area contributed by atoms with Crippen molar-refractivity contribution < 1.29 is 0 Å². The van der Waals surface area contributed by atoms with Gasteiger partial charge in [0.2, 0.25) is 0 Å². The van der Waals surface area contributed by atoms with E-state index >= 15 is 0 Å². The lowest BCUT2D eigenvalue weighted by Crippen LogP contribution is -2.40. The lowest BCUT2D eigenvalue weighted by atomic mass is 9.74. The molecular formula is C22H33N3S3. The van der Waals surface area contributed by atoms with Crippen LogP contribution in [0.4, 0.5) is 11.4 Å². The zero-order valence-corrected chi connectivity index (χ0v) is 20.2. The van der Waals surface area contributed by atoms with Gasteiger partial charge in [-0.25, -0.2) is 0 Å². The smallest absolute Gasteiger partial charge is 0.0820 e. The fraction of sp³-hybridized carbons (Fsp3) is 0.545. The van der Waals surface area contributed by atoms with E-state index in [0.29, 0.717) is 5.41 Å². The highest BCUT2D eigenvalue weighted by molar-refractivity contribution is 8.03. The van der Waals surface area contributed by atoms with Gasteiger partial charge in [0, 0.05) is 13.1 Å². The number of hydrogen-bond acceptors (Lipinski definition) is 6. The van der Waals surface area contributed by atoms with Gasteiger partial charge in [-0.15, -0.1) is 11.3 Å². The average molecular weight is 436 g/mol. The number of piperidine rings is 1. The predicted molar refractivity (Wildman–Crippen MR) is 129 cm³/mol. The molecular weight excluding hydrogens is 402 g/mol. The molecule has 1 N–H and O–H groups in total. The van der Waals surface area contributed by atoms with Crippen LogP contribution in [0.15, 0.2) is 38.8 Å². The van der Waals surface area contributed by atoms with Crippen LogP contribution < -0.4 is 9.62 Å². The first-order valence-corrected chi connectivity index (χ1v) is 12.6. The molecule has 1 aromatic carbocycles. The van der Waals surface area contributed by atoms with Crippen LogP contribution in [0.3, 0.4) is 0 Å². The van der Waals surface area contributed by atoms with Crippen LogP contribution >= 0.6 is 35.2 Å². The van der Waals surface area contributed by atoms with Crippen molar-refractivity contribution in [3.8, 4) is 0 Å². The highest BCUT2D eigenvalue weighted by Gasteiger charge is 2.32. The van der Waals surface area contributed by atoms with Crippen LogP contribution in [0.5, 0.6) is 0 Å². The van der Waals surface area contributed by atoms with E-state index in [1.165, 1.54) is 51.0 Å². The standard InChI is InChI=1S/C22H33N3S3/c1-6-22(7-2)13-15-25(16-14-22)21-17(3)9-8-10-18(21)23-27-19-11-12-20(26-19)28-24(4)5/h8-12,23H,6-7,13-16H2,1-5H3. The number of anilines is 2. The molecule has 0 spiro atoms. The summed E-state index contributed by atoms with van der Waals surface area (Å²) >= 11 is 5.34. The van der Waals surface area contributed by atoms with Gasteiger partial charge in [-0.05, 0) is 86.9 Å². The van der Waals surface area contributed by atoms with Crippen molar-refractivity contribution in [3.63, 3.8) is 0 Å². The minimum absolute atomic E-state index is 0.555. The number of nitrogens with zero attached hydrogens (tertiary/aromatic N) is 2. The van der Waals surface area contributed by atoms with Crippen molar-refractivity contribution in [2.24, 2.45) is 5.41 Å². The van der Waals surface area contributed by atoms with Gasteiger partial charge in [0.1, 0.15) is 0 Å². The molecule has 0 aliphatic carbocycles. The topological polar surface area (TPSA) is 18.5 Å². The Labute approximate surface area is 183 Å². The van der Waals surface area contributed by atoms with Gasteiger partial charge in [-0.3, -0.25) is 4.31 Å². The molecule has 1 fully saturated rings. The van der Waals surface area contributed by atoms with Gasteiger partial charge in [-0.1, -0.05) is 38.8 Å². The van der Waals surface area contributed by atoms with Crippen molar-refractivity contribution >= 4 is 46.6 Å². The van der Waals surface area contributed by atoms with Gasteiger partial charge < -0.3 is 9.62 Å². The summed E-state index contributed by atoms with van der Waals surface area (Å²) in [5.41, 5.74) is 4.54. The predicted octanol–water partition coefficient (Wildman–Crippen LogP) is 7.15. The third-order valence-corrected chi connectivity index (χ3v) is 8.96. The maximum atomic E-state index is 3.65. The monoisotopic (exact) mass is 435 g/mol. The number of hydrogen-bond donors (Lipinski definition) is 1. The Kier molecular flexibility index (Phi) is 7.65. The van der Waals surface area contributed by atoms with Crippen molar-refractivity contribution in [2.45, 2.75) is 54.9 Å². The minimum atomic E-state index is 0.555. The SMILES string of the molecule is CCC1(CC)CCN(c2c(C)cccc2NSc2ccc(SN(C)C)s2)CC1. The number of nitrogens with one attached hydrogen (secondary N) is 1. The Balaban J connectivity index is 1.70. The fourth-order valence-corrected chi connectivity index (χ4v) is 7.07. The third-order valence-electron chi connectivity index (χ3n) is 5.97. The second-order valence-electron chi connectivity index (χ2n) is 7.85. The van der Waals surface area contributed by atoms with Gasteiger partial charge >= 0.3 is 0 Å². The van der Waals surface area contributed by atoms with E-state index in [-0.39, 0.29) is 0 Å². The second kappa shape index (κ2) is 9.79. The molecule has 1 aliphatic heterocycles. The second-order valence-corrected chi connectivity index (χ2v) is 11.6. The normalized spacial score (nSPS) is 16.6. The summed E-state index contributed by atoms with van der Waals surface area (Å²) in [7, 11) is 4.16. The van der Waals surface area contributed by atoms with E-state index < -0.39 is 0 Å². The first kappa shape index (κ1) is 21.9. The van der Waals surface area contributed by atoms with Crippen molar-refractivity contribution in [1.29, 1.82) is 0 Å². The van der Waals surface area contributed by atoms with Crippen LogP contribution in [0, 0.1) is 12.3 Å². The van der Waals surface area contributed by atoms with E-state index in [4.69, 9.17) is 0 Å². The maximum absolute atomic E-state index is 3.65. The Morgan fingerprint density at radius 3 is 2.39 bits per heavy atom. The molecule has 2 heterocycles. The highest BCUT2D eigenvalue weighted by Crippen LogP contribution is 2.42. The largest absolute Gasteiger partial charge is 0.370 e. The van der Waals surface area contributed by atoms with Crippen LogP contribution in [-0.4, -0.2) is 31.5 Å². The number of thiophene rings is 1. The fourth-order valence-electron chi connectivity index (χ4n) is 4.02. The molecule has 0 amide bonds. The summed E-state index contributed by atoms with van der Waals surface area (Å²) in [4.78, 5) is 2.60. The Morgan fingerprint density at radius 1 is 1.07 bits per heavy atom. The molecule has 3 nitrogen and oxygen atoms in total. The molecule has 0 saturated carbocycles. The molecule has 0 radical (unpaired) electrons. The van der Waals surface area contributed by atoms with E-state index in [1.807, 2.05) is 11.3 Å². The first-order chi connectivity index (χ1) is 13.5. The summed E-state index contributed by atoms with van der Waals surface area (Å²) in [5, 5.41) is 0. The maximum Gasteiger partial charge on any atom is 0.0820 e. The molecule has 2 aromatic rings. The van der Waals surface area contributed by atoms with Crippen molar-refractivity contribution in [2.75, 3.05) is 36.8 Å². The number of rotatable bonds is 8. The van der Waals surface area contributed by atoms with Crippen molar-refractivity contribution in [1.82, 2.24) is 4.31 Å². The molecule has 1 aliphatic rings. The Bertz CT molecular complexity index is 758. The van der Waals surface area contributed by atoms with Gasteiger partial charge in [0.25, 0.3) is 0 Å². The average Bonchev–Trinajstić information content (AvgIpc) is 3.13. The number of para-hydroxylation sites is 1. The van der Waals surface area contributed by atoms with Crippen LogP contribution in [0.1, 0.15) is 45.1 Å². The molecule has 0 bridgehead atoms. The van der Waals surface area contributed by atoms with E-state index in [0.717, 1.165) is 13.1 Å². The molecule has 154 valence electrons. The molecule has 3 rings (SSSR count). The number of benzene rings is 1. The van der Waals surface area contributed by atoms with Gasteiger partial charge in [0.05, 0.1) is 19.8 Å². The van der Waals surface area contributed by atoms with Crippen molar-refractivity contribution in [3.05, 3.63) is 35.9 Å².